The summed E-state index contributed by atoms with van der Waals surface area (Å²) in [7, 11) is 2.21. The van der Waals surface area contributed by atoms with E-state index in [-0.39, 0.29) is 5.91 Å². The van der Waals surface area contributed by atoms with Crippen molar-refractivity contribution >= 4 is 23.4 Å². The fourth-order valence-corrected chi connectivity index (χ4v) is 6.46. The van der Waals surface area contributed by atoms with Crippen molar-refractivity contribution in [1.82, 2.24) is 4.90 Å². The lowest BCUT2D eigenvalue weighted by molar-refractivity contribution is -0.115. The van der Waals surface area contributed by atoms with E-state index in [9.17, 15) is 4.79 Å². The van der Waals surface area contributed by atoms with Gasteiger partial charge >= 0.3 is 0 Å². The molecule has 2 aliphatic heterocycles. The van der Waals surface area contributed by atoms with E-state index >= 15 is 0 Å². The van der Waals surface area contributed by atoms with Gasteiger partial charge < -0.3 is 24.4 Å². The first-order chi connectivity index (χ1) is 23.1. The van der Waals surface area contributed by atoms with Crippen LogP contribution in [0.2, 0.25) is 0 Å². The highest BCUT2D eigenvalue weighted by atomic mass is 16.5. The van der Waals surface area contributed by atoms with Crippen LogP contribution in [0.1, 0.15) is 63.0 Å². The van der Waals surface area contributed by atoms with Crippen molar-refractivity contribution in [2.45, 2.75) is 64.5 Å². The standard InChI is InChI=1S/C40H51N3O4/c1-3-4-21-45-24-25-47-38-14-9-32(10-15-38)33-11-16-39-35(26-33)27-34(17-20-41-39)40(44)43(29-31-5-6-31)37-12-7-30(8-13-37)28-42(2)36-18-22-46-23-19-36/h7-16,26-27,31,36,41H,3-6,17-25,28-29H2,1-2H3. The van der Waals surface area contributed by atoms with Crippen molar-refractivity contribution in [2.75, 3.05) is 63.4 Å². The summed E-state index contributed by atoms with van der Waals surface area (Å²) >= 11 is 0. The largest absolute Gasteiger partial charge is 0.491 e. The van der Waals surface area contributed by atoms with Gasteiger partial charge in [-0.1, -0.05) is 43.7 Å². The third-order valence-corrected chi connectivity index (χ3v) is 9.57. The van der Waals surface area contributed by atoms with Gasteiger partial charge in [0.1, 0.15) is 12.4 Å². The Bertz CT molecular complexity index is 1480. The number of nitrogens with zero attached hydrogens (tertiary/aromatic N) is 2. The van der Waals surface area contributed by atoms with Crippen molar-refractivity contribution in [3.05, 3.63) is 83.4 Å². The molecule has 1 saturated heterocycles. The molecule has 250 valence electrons. The predicted molar refractivity (Wildman–Crippen MR) is 191 cm³/mol. The quantitative estimate of drug-likeness (QED) is 0.172. The maximum atomic E-state index is 14.2. The number of hydrogen-bond donors (Lipinski definition) is 1. The van der Waals surface area contributed by atoms with Crippen molar-refractivity contribution in [2.24, 2.45) is 5.92 Å². The summed E-state index contributed by atoms with van der Waals surface area (Å²) in [5.74, 6) is 1.54. The molecule has 3 aromatic carbocycles. The van der Waals surface area contributed by atoms with E-state index in [1.54, 1.807) is 0 Å². The molecule has 2 heterocycles. The minimum absolute atomic E-state index is 0.115. The van der Waals surface area contributed by atoms with Crippen LogP contribution in [0, 0.1) is 5.92 Å². The van der Waals surface area contributed by atoms with Crippen molar-refractivity contribution in [3.63, 3.8) is 0 Å². The van der Waals surface area contributed by atoms with E-state index in [1.807, 2.05) is 17.0 Å². The average molecular weight is 638 g/mol. The van der Waals surface area contributed by atoms with E-state index in [2.05, 4.69) is 84.9 Å². The molecule has 0 atom stereocenters. The second kappa shape index (κ2) is 16.4. The van der Waals surface area contributed by atoms with Crippen LogP contribution in [0.4, 0.5) is 11.4 Å². The molecule has 47 heavy (non-hydrogen) atoms. The third kappa shape index (κ3) is 9.25. The van der Waals surface area contributed by atoms with Crippen LogP contribution in [-0.2, 0) is 20.8 Å². The first kappa shape index (κ1) is 33.3. The Morgan fingerprint density at radius 1 is 0.915 bits per heavy atom. The van der Waals surface area contributed by atoms with Crippen molar-refractivity contribution in [1.29, 1.82) is 0 Å². The number of hydrogen-bond acceptors (Lipinski definition) is 6. The van der Waals surface area contributed by atoms with E-state index in [0.29, 0.717) is 31.6 Å². The molecule has 1 saturated carbocycles. The number of carbonyl (C=O) groups is 1. The summed E-state index contributed by atoms with van der Waals surface area (Å²) in [6.45, 7) is 8.20. The fourth-order valence-electron chi connectivity index (χ4n) is 6.46. The van der Waals surface area contributed by atoms with Crippen LogP contribution < -0.4 is 15.0 Å². The molecule has 0 bridgehead atoms. The number of anilines is 2. The molecule has 1 amide bonds. The van der Waals surface area contributed by atoms with Gasteiger partial charge in [-0.3, -0.25) is 9.69 Å². The third-order valence-electron chi connectivity index (χ3n) is 9.57. The molecule has 2 fully saturated rings. The monoisotopic (exact) mass is 637 g/mol. The average Bonchev–Trinajstić information content (AvgIpc) is 3.96. The fraction of sp³-hybridized carbons (Fsp3) is 0.475. The molecule has 0 unspecified atom stereocenters. The summed E-state index contributed by atoms with van der Waals surface area (Å²) in [5.41, 5.74) is 7.45. The van der Waals surface area contributed by atoms with Gasteiger partial charge in [0, 0.05) is 62.4 Å². The van der Waals surface area contributed by atoms with Gasteiger partial charge in [-0.05, 0) is 116 Å². The van der Waals surface area contributed by atoms with Crippen molar-refractivity contribution in [3.8, 4) is 16.9 Å². The molecule has 7 heteroatoms. The Labute approximate surface area is 280 Å². The van der Waals surface area contributed by atoms with E-state index < -0.39 is 0 Å². The highest BCUT2D eigenvalue weighted by Crippen LogP contribution is 2.34. The number of rotatable bonds is 15. The van der Waals surface area contributed by atoms with Gasteiger partial charge in [-0.25, -0.2) is 0 Å². The van der Waals surface area contributed by atoms with Gasteiger partial charge in [0.15, 0.2) is 0 Å². The summed E-state index contributed by atoms with van der Waals surface area (Å²) < 4.78 is 17.0. The van der Waals surface area contributed by atoms with Crippen LogP contribution >= 0.6 is 0 Å². The van der Waals surface area contributed by atoms with Crippen LogP contribution in [0.5, 0.6) is 5.75 Å². The minimum Gasteiger partial charge on any atom is -0.491 e. The van der Waals surface area contributed by atoms with Gasteiger partial charge in [-0.2, -0.15) is 0 Å². The smallest absolute Gasteiger partial charge is 0.254 e. The van der Waals surface area contributed by atoms with E-state index in [0.717, 1.165) is 105 Å². The van der Waals surface area contributed by atoms with Crippen LogP contribution in [0.3, 0.4) is 0 Å². The van der Waals surface area contributed by atoms with Gasteiger partial charge in [-0.15, -0.1) is 0 Å². The lowest BCUT2D eigenvalue weighted by atomic mass is 10.00. The van der Waals surface area contributed by atoms with Crippen LogP contribution in [0.25, 0.3) is 17.2 Å². The number of amides is 1. The zero-order valence-corrected chi connectivity index (χ0v) is 28.2. The number of carbonyl (C=O) groups excluding carboxylic acids is 1. The Hall–Kier alpha value is -3.65. The normalized spacial score (nSPS) is 16.6. The van der Waals surface area contributed by atoms with E-state index in [1.165, 1.54) is 18.4 Å². The Morgan fingerprint density at radius 3 is 2.43 bits per heavy atom. The molecule has 1 aliphatic carbocycles. The molecule has 0 radical (unpaired) electrons. The van der Waals surface area contributed by atoms with E-state index in [4.69, 9.17) is 14.2 Å². The molecule has 0 aromatic heterocycles. The summed E-state index contributed by atoms with van der Waals surface area (Å²) in [5, 5.41) is 3.56. The number of ether oxygens (including phenoxy) is 3. The lowest BCUT2D eigenvalue weighted by Gasteiger charge is -2.31. The maximum absolute atomic E-state index is 14.2. The molecule has 3 aliphatic rings. The molecule has 7 nitrogen and oxygen atoms in total. The van der Waals surface area contributed by atoms with Crippen LogP contribution in [-0.4, -0.2) is 70.0 Å². The lowest BCUT2D eigenvalue weighted by Crippen LogP contribution is -2.36. The second-order valence-corrected chi connectivity index (χ2v) is 13.3. The number of nitrogens with one attached hydrogen (secondary N) is 1. The number of unbranched alkanes of at least 4 members (excludes halogenated alkanes) is 1. The summed E-state index contributed by atoms with van der Waals surface area (Å²) in [6.07, 6.45) is 9.58. The zero-order chi connectivity index (χ0) is 32.4. The molecular weight excluding hydrogens is 586 g/mol. The Kier molecular flexibility index (Phi) is 11.6. The molecular formula is C40H51N3O4. The zero-order valence-electron chi connectivity index (χ0n) is 28.2. The summed E-state index contributed by atoms with van der Waals surface area (Å²) in [4.78, 5) is 18.7. The highest BCUT2D eigenvalue weighted by molar-refractivity contribution is 6.09. The number of fused-ring (bicyclic) bond motifs is 1. The minimum atomic E-state index is 0.115. The Balaban J connectivity index is 1.14. The molecule has 1 N–H and O–H groups in total. The van der Waals surface area contributed by atoms with Crippen molar-refractivity contribution < 1.29 is 19.0 Å². The van der Waals surface area contributed by atoms with Crippen LogP contribution in [0.15, 0.2) is 72.3 Å². The molecule has 0 spiro atoms. The Morgan fingerprint density at radius 2 is 1.68 bits per heavy atom. The van der Waals surface area contributed by atoms with Gasteiger partial charge in [0.05, 0.1) is 6.61 Å². The second-order valence-electron chi connectivity index (χ2n) is 13.3. The highest BCUT2D eigenvalue weighted by Gasteiger charge is 2.30. The molecule has 3 aromatic rings. The first-order valence-electron chi connectivity index (χ1n) is 17.7. The maximum Gasteiger partial charge on any atom is 0.254 e. The molecule has 6 rings (SSSR count). The topological polar surface area (TPSA) is 63.3 Å². The summed E-state index contributed by atoms with van der Waals surface area (Å²) in [6, 6.07) is 23.9. The van der Waals surface area contributed by atoms with Gasteiger partial charge in [0.25, 0.3) is 5.91 Å². The first-order valence-corrected chi connectivity index (χ1v) is 17.7. The number of benzene rings is 3. The SMILES string of the molecule is CCCCOCCOc1ccc(-c2ccc3c(c2)C=C(C(=O)N(CC2CC2)c2ccc(CN(C)C4CCOCC4)cc2)CCN3)cc1. The predicted octanol–water partition coefficient (Wildman–Crippen LogP) is 7.80. The van der Waals surface area contributed by atoms with Gasteiger partial charge in [0.2, 0.25) is 0 Å².